The van der Waals surface area contributed by atoms with E-state index in [9.17, 15) is 4.79 Å². The summed E-state index contributed by atoms with van der Waals surface area (Å²) in [5, 5.41) is 2.81. The minimum absolute atomic E-state index is 0.0293. The summed E-state index contributed by atoms with van der Waals surface area (Å²) in [5.74, 6) is 0.657. The average molecular weight is 221 g/mol. The van der Waals surface area contributed by atoms with Gasteiger partial charge in [0.05, 0.1) is 11.4 Å². The molecule has 3 N–H and O–H groups in total. The molecule has 1 heterocycles. The largest absolute Gasteiger partial charge is 0.397 e. The molecule has 88 valence electrons. The number of carbonyl (C=O) groups is 1. The Balaban J connectivity index is 2.73. The molecule has 16 heavy (non-hydrogen) atoms. The van der Waals surface area contributed by atoms with E-state index in [1.165, 1.54) is 0 Å². The van der Waals surface area contributed by atoms with Gasteiger partial charge in [0.15, 0.2) is 0 Å². The van der Waals surface area contributed by atoms with E-state index in [-0.39, 0.29) is 11.8 Å². The zero-order valence-corrected chi connectivity index (χ0v) is 10.1. The molecule has 0 aliphatic carbocycles. The van der Waals surface area contributed by atoms with Crippen LogP contribution in [0.4, 0.5) is 11.5 Å². The fraction of sp³-hybridized carbons (Fsp3) is 0.500. The maximum Gasteiger partial charge on any atom is 0.228 e. The number of aryl methyl sites for hydroxylation is 1. The Kier molecular flexibility index (Phi) is 4.28. The van der Waals surface area contributed by atoms with Crippen molar-refractivity contribution in [1.29, 1.82) is 0 Å². The quantitative estimate of drug-likeness (QED) is 0.820. The molecule has 1 aromatic rings. The molecule has 0 aliphatic heterocycles. The molecule has 1 amide bonds. The summed E-state index contributed by atoms with van der Waals surface area (Å²) >= 11 is 0. The fourth-order valence-corrected chi connectivity index (χ4v) is 1.53. The van der Waals surface area contributed by atoms with Crippen LogP contribution in [0.15, 0.2) is 12.1 Å². The number of anilines is 2. The van der Waals surface area contributed by atoms with E-state index >= 15 is 0 Å². The van der Waals surface area contributed by atoms with Crippen molar-refractivity contribution in [2.24, 2.45) is 5.92 Å². The number of amides is 1. The molecule has 0 saturated heterocycles. The molecule has 0 radical (unpaired) electrons. The molecule has 1 aromatic heterocycles. The lowest BCUT2D eigenvalue weighted by molar-refractivity contribution is -0.120. The standard InChI is InChI=1S/C12H19N3O/c1-4-9(5-2)12(16)15-11-7-6-10(13)8(3)14-11/h6-7,9H,4-5,13H2,1-3H3,(H,14,15,16). The molecule has 0 aromatic carbocycles. The summed E-state index contributed by atoms with van der Waals surface area (Å²) in [6.45, 7) is 5.84. The van der Waals surface area contributed by atoms with Gasteiger partial charge in [0.25, 0.3) is 0 Å². The van der Waals surface area contributed by atoms with Crippen molar-refractivity contribution in [3.05, 3.63) is 17.8 Å². The molecule has 0 spiro atoms. The van der Waals surface area contributed by atoms with Crippen LogP contribution in [0, 0.1) is 12.8 Å². The Bertz CT molecular complexity index is 373. The maximum absolute atomic E-state index is 11.8. The number of hydrogen-bond acceptors (Lipinski definition) is 3. The molecular weight excluding hydrogens is 202 g/mol. The van der Waals surface area contributed by atoms with Crippen molar-refractivity contribution in [3.8, 4) is 0 Å². The van der Waals surface area contributed by atoms with Gasteiger partial charge in [-0.3, -0.25) is 4.79 Å². The van der Waals surface area contributed by atoms with Crippen LogP contribution in [0.2, 0.25) is 0 Å². The average Bonchev–Trinajstić information content (AvgIpc) is 2.25. The highest BCUT2D eigenvalue weighted by molar-refractivity contribution is 5.91. The van der Waals surface area contributed by atoms with Gasteiger partial charge in [0.2, 0.25) is 5.91 Å². The molecule has 0 unspecified atom stereocenters. The number of nitrogens with two attached hydrogens (primary N) is 1. The zero-order chi connectivity index (χ0) is 12.1. The van der Waals surface area contributed by atoms with Gasteiger partial charge < -0.3 is 11.1 Å². The lowest BCUT2D eigenvalue weighted by Gasteiger charge is -2.12. The Labute approximate surface area is 96.3 Å². The van der Waals surface area contributed by atoms with Crippen molar-refractivity contribution >= 4 is 17.4 Å². The lowest BCUT2D eigenvalue weighted by Crippen LogP contribution is -2.22. The van der Waals surface area contributed by atoms with E-state index in [0.29, 0.717) is 11.5 Å². The van der Waals surface area contributed by atoms with Crippen LogP contribution in [-0.2, 0) is 4.79 Å². The number of nitrogen functional groups attached to an aromatic ring is 1. The van der Waals surface area contributed by atoms with Crippen molar-refractivity contribution in [2.75, 3.05) is 11.1 Å². The van der Waals surface area contributed by atoms with Crippen LogP contribution in [0.1, 0.15) is 32.4 Å². The topological polar surface area (TPSA) is 68.0 Å². The molecule has 0 fully saturated rings. The predicted octanol–water partition coefficient (Wildman–Crippen LogP) is 2.35. The van der Waals surface area contributed by atoms with Gasteiger partial charge >= 0.3 is 0 Å². The van der Waals surface area contributed by atoms with Crippen LogP contribution < -0.4 is 11.1 Å². The number of rotatable bonds is 4. The summed E-state index contributed by atoms with van der Waals surface area (Å²) in [5.41, 5.74) is 7.03. The minimum atomic E-state index is 0.0293. The molecule has 0 saturated carbocycles. The highest BCUT2D eigenvalue weighted by Gasteiger charge is 2.14. The Morgan fingerprint density at radius 3 is 2.56 bits per heavy atom. The molecule has 0 atom stereocenters. The highest BCUT2D eigenvalue weighted by Crippen LogP contribution is 2.14. The fourth-order valence-electron chi connectivity index (χ4n) is 1.53. The number of aromatic nitrogens is 1. The molecule has 0 aliphatic rings. The van der Waals surface area contributed by atoms with Gasteiger partial charge in [-0.2, -0.15) is 0 Å². The van der Waals surface area contributed by atoms with Gasteiger partial charge in [-0.05, 0) is 31.9 Å². The van der Waals surface area contributed by atoms with Crippen molar-refractivity contribution in [1.82, 2.24) is 4.98 Å². The third-order valence-corrected chi connectivity index (χ3v) is 2.73. The monoisotopic (exact) mass is 221 g/mol. The summed E-state index contributed by atoms with van der Waals surface area (Å²) in [6, 6.07) is 3.48. The second-order valence-electron chi connectivity index (χ2n) is 3.87. The smallest absolute Gasteiger partial charge is 0.228 e. The van der Waals surface area contributed by atoms with E-state index in [2.05, 4.69) is 10.3 Å². The first-order valence-corrected chi connectivity index (χ1v) is 5.62. The Morgan fingerprint density at radius 2 is 2.06 bits per heavy atom. The lowest BCUT2D eigenvalue weighted by atomic mass is 10.0. The molecule has 4 heteroatoms. The van der Waals surface area contributed by atoms with Gasteiger partial charge in [-0.15, -0.1) is 0 Å². The first-order chi connectivity index (χ1) is 7.58. The number of hydrogen-bond donors (Lipinski definition) is 2. The van der Waals surface area contributed by atoms with E-state index in [4.69, 9.17) is 5.73 Å². The van der Waals surface area contributed by atoms with Gasteiger partial charge in [-0.1, -0.05) is 13.8 Å². The van der Waals surface area contributed by atoms with Gasteiger partial charge in [0, 0.05) is 5.92 Å². The van der Waals surface area contributed by atoms with Crippen LogP contribution in [-0.4, -0.2) is 10.9 Å². The van der Waals surface area contributed by atoms with Gasteiger partial charge in [0.1, 0.15) is 5.82 Å². The summed E-state index contributed by atoms with van der Waals surface area (Å²) in [6.07, 6.45) is 1.69. The number of pyridine rings is 1. The van der Waals surface area contributed by atoms with Crippen molar-refractivity contribution in [3.63, 3.8) is 0 Å². The van der Waals surface area contributed by atoms with E-state index in [0.717, 1.165) is 18.5 Å². The summed E-state index contributed by atoms with van der Waals surface area (Å²) in [7, 11) is 0. The van der Waals surface area contributed by atoms with Gasteiger partial charge in [-0.25, -0.2) is 4.98 Å². The van der Waals surface area contributed by atoms with E-state index in [1.807, 2.05) is 20.8 Å². The third kappa shape index (κ3) is 2.95. The van der Waals surface area contributed by atoms with Crippen molar-refractivity contribution < 1.29 is 4.79 Å². The Hall–Kier alpha value is -1.58. The number of nitrogens with one attached hydrogen (secondary N) is 1. The summed E-state index contributed by atoms with van der Waals surface area (Å²) in [4.78, 5) is 16.0. The second kappa shape index (κ2) is 5.49. The Morgan fingerprint density at radius 1 is 1.44 bits per heavy atom. The van der Waals surface area contributed by atoms with Crippen LogP contribution >= 0.6 is 0 Å². The highest BCUT2D eigenvalue weighted by atomic mass is 16.1. The number of nitrogens with zero attached hydrogens (tertiary/aromatic N) is 1. The van der Waals surface area contributed by atoms with E-state index < -0.39 is 0 Å². The van der Waals surface area contributed by atoms with Crippen LogP contribution in [0.25, 0.3) is 0 Å². The van der Waals surface area contributed by atoms with Crippen LogP contribution in [0.5, 0.6) is 0 Å². The SMILES string of the molecule is CCC(CC)C(=O)Nc1ccc(N)c(C)n1. The number of carbonyl (C=O) groups excluding carboxylic acids is 1. The third-order valence-electron chi connectivity index (χ3n) is 2.73. The molecule has 0 bridgehead atoms. The zero-order valence-electron chi connectivity index (χ0n) is 10.1. The predicted molar refractivity (Wildman–Crippen MR) is 66.1 cm³/mol. The normalized spacial score (nSPS) is 10.5. The van der Waals surface area contributed by atoms with Crippen molar-refractivity contribution in [2.45, 2.75) is 33.6 Å². The minimum Gasteiger partial charge on any atom is -0.397 e. The van der Waals surface area contributed by atoms with E-state index in [1.54, 1.807) is 12.1 Å². The molecular formula is C12H19N3O. The van der Waals surface area contributed by atoms with Crippen LogP contribution in [0.3, 0.4) is 0 Å². The second-order valence-corrected chi connectivity index (χ2v) is 3.87. The first kappa shape index (κ1) is 12.5. The first-order valence-electron chi connectivity index (χ1n) is 5.62. The maximum atomic E-state index is 11.8. The molecule has 4 nitrogen and oxygen atoms in total. The molecule has 1 rings (SSSR count). The summed E-state index contributed by atoms with van der Waals surface area (Å²) < 4.78 is 0.